The highest BCUT2D eigenvalue weighted by atomic mass is 16.5. The summed E-state index contributed by atoms with van der Waals surface area (Å²) in [6, 6.07) is 0. The molecule has 0 N–H and O–H groups in total. The van der Waals surface area contributed by atoms with Gasteiger partial charge in [-0.05, 0) is 24.7 Å². The van der Waals surface area contributed by atoms with Crippen molar-refractivity contribution in [3.05, 3.63) is 12.2 Å². The van der Waals surface area contributed by atoms with Crippen LogP contribution < -0.4 is 0 Å². The Bertz CT molecular complexity index is 231. The first kappa shape index (κ1) is 16.2. The Morgan fingerprint density at radius 3 is 2.41 bits per heavy atom. The standard InChI is InChI=1S/C15H28O2/c1-6-8-9-14(7-2)11-17-15(16)13(5)10-12(3)4/h12,14H,5-11H2,1-4H3. The van der Waals surface area contributed by atoms with Crippen LogP contribution in [-0.4, -0.2) is 12.6 Å². The van der Waals surface area contributed by atoms with Gasteiger partial charge in [-0.2, -0.15) is 0 Å². The Morgan fingerprint density at radius 2 is 1.94 bits per heavy atom. The quantitative estimate of drug-likeness (QED) is 0.442. The van der Waals surface area contributed by atoms with Gasteiger partial charge in [-0.25, -0.2) is 4.79 Å². The Labute approximate surface area is 106 Å². The van der Waals surface area contributed by atoms with E-state index in [4.69, 9.17) is 4.74 Å². The van der Waals surface area contributed by atoms with Crippen LogP contribution in [0.5, 0.6) is 0 Å². The minimum absolute atomic E-state index is 0.214. The fourth-order valence-electron chi connectivity index (χ4n) is 1.77. The molecule has 0 radical (unpaired) electrons. The van der Waals surface area contributed by atoms with Crippen LogP contribution in [0.2, 0.25) is 0 Å². The molecule has 0 saturated carbocycles. The van der Waals surface area contributed by atoms with Gasteiger partial charge in [-0.15, -0.1) is 0 Å². The summed E-state index contributed by atoms with van der Waals surface area (Å²) in [4.78, 5) is 11.7. The molecule has 0 aliphatic heterocycles. The molecule has 1 atom stereocenters. The van der Waals surface area contributed by atoms with E-state index in [9.17, 15) is 4.79 Å². The van der Waals surface area contributed by atoms with Crippen molar-refractivity contribution in [2.45, 2.75) is 59.8 Å². The lowest BCUT2D eigenvalue weighted by Gasteiger charge is -2.15. The van der Waals surface area contributed by atoms with E-state index >= 15 is 0 Å². The average molecular weight is 240 g/mol. The predicted molar refractivity (Wildman–Crippen MR) is 72.9 cm³/mol. The van der Waals surface area contributed by atoms with Crippen molar-refractivity contribution < 1.29 is 9.53 Å². The first-order chi connectivity index (χ1) is 8.01. The van der Waals surface area contributed by atoms with Crippen molar-refractivity contribution in [1.29, 1.82) is 0 Å². The molecule has 0 aromatic carbocycles. The molecule has 2 nitrogen and oxygen atoms in total. The first-order valence-electron chi connectivity index (χ1n) is 6.86. The van der Waals surface area contributed by atoms with Crippen LogP contribution in [0.3, 0.4) is 0 Å². The minimum Gasteiger partial charge on any atom is -0.462 e. The summed E-state index contributed by atoms with van der Waals surface area (Å²) in [6.45, 7) is 12.8. The molecule has 0 fully saturated rings. The maximum atomic E-state index is 11.7. The summed E-state index contributed by atoms with van der Waals surface area (Å²) in [6.07, 6.45) is 5.36. The first-order valence-corrected chi connectivity index (χ1v) is 6.86. The van der Waals surface area contributed by atoms with Crippen molar-refractivity contribution in [1.82, 2.24) is 0 Å². The summed E-state index contributed by atoms with van der Waals surface area (Å²) in [5.41, 5.74) is 0.602. The van der Waals surface area contributed by atoms with Gasteiger partial charge in [-0.3, -0.25) is 0 Å². The normalized spacial score (nSPS) is 12.5. The number of carbonyl (C=O) groups is 1. The zero-order valence-corrected chi connectivity index (χ0v) is 11.9. The third kappa shape index (κ3) is 8.00. The molecule has 0 spiro atoms. The van der Waals surface area contributed by atoms with Crippen LogP contribution in [0.4, 0.5) is 0 Å². The lowest BCUT2D eigenvalue weighted by Crippen LogP contribution is -2.15. The number of rotatable bonds is 9. The lowest BCUT2D eigenvalue weighted by atomic mass is 10.0. The maximum absolute atomic E-state index is 11.7. The predicted octanol–water partition coefficient (Wildman–Crippen LogP) is 4.35. The molecule has 0 saturated heterocycles. The number of hydrogen-bond acceptors (Lipinski definition) is 2. The van der Waals surface area contributed by atoms with Crippen LogP contribution in [0.25, 0.3) is 0 Å². The van der Waals surface area contributed by atoms with Crippen LogP contribution >= 0.6 is 0 Å². The van der Waals surface area contributed by atoms with Crippen LogP contribution in [-0.2, 0) is 9.53 Å². The molecule has 0 aromatic rings. The van der Waals surface area contributed by atoms with Gasteiger partial charge in [0, 0.05) is 5.57 Å². The van der Waals surface area contributed by atoms with E-state index in [1.165, 1.54) is 12.8 Å². The highest BCUT2D eigenvalue weighted by Crippen LogP contribution is 2.15. The van der Waals surface area contributed by atoms with E-state index in [2.05, 4.69) is 34.3 Å². The molecule has 0 aromatic heterocycles. The third-order valence-electron chi connectivity index (χ3n) is 2.94. The van der Waals surface area contributed by atoms with Gasteiger partial charge in [0.05, 0.1) is 6.61 Å². The third-order valence-corrected chi connectivity index (χ3v) is 2.94. The Hall–Kier alpha value is -0.790. The molecular formula is C15H28O2. The number of unbranched alkanes of at least 4 members (excludes halogenated alkanes) is 1. The second kappa shape index (κ2) is 9.26. The number of carbonyl (C=O) groups excluding carboxylic acids is 1. The average Bonchev–Trinajstić information content (AvgIpc) is 2.28. The number of ether oxygens (including phenoxy) is 1. The molecule has 0 rings (SSSR count). The van der Waals surface area contributed by atoms with E-state index in [0.717, 1.165) is 19.3 Å². The van der Waals surface area contributed by atoms with Gasteiger partial charge in [0.1, 0.15) is 0 Å². The smallest absolute Gasteiger partial charge is 0.333 e. The van der Waals surface area contributed by atoms with Gasteiger partial charge < -0.3 is 4.74 Å². The minimum atomic E-state index is -0.214. The Kier molecular flexibility index (Phi) is 8.83. The fourth-order valence-corrected chi connectivity index (χ4v) is 1.77. The van der Waals surface area contributed by atoms with E-state index in [0.29, 0.717) is 24.0 Å². The molecule has 0 aliphatic rings. The molecule has 1 unspecified atom stereocenters. The van der Waals surface area contributed by atoms with Gasteiger partial charge in [-0.1, -0.05) is 53.5 Å². The van der Waals surface area contributed by atoms with Gasteiger partial charge >= 0.3 is 5.97 Å². The van der Waals surface area contributed by atoms with E-state index < -0.39 is 0 Å². The van der Waals surface area contributed by atoms with Crippen molar-refractivity contribution in [2.24, 2.45) is 11.8 Å². The molecule has 0 bridgehead atoms. The van der Waals surface area contributed by atoms with Crippen LogP contribution in [0, 0.1) is 11.8 Å². The monoisotopic (exact) mass is 240 g/mol. The topological polar surface area (TPSA) is 26.3 Å². The summed E-state index contributed by atoms with van der Waals surface area (Å²) in [5, 5.41) is 0. The molecule has 0 aliphatic carbocycles. The van der Waals surface area contributed by atoms with Crippen LogP contribution in [0.15, 0.2) is 12.2 Å². The van der Waals surface area contributed by atoms with Crippen molar-refractivity contribution in [3.8, 4) is 0 Å². The number of esters is 1. The second-order valence-electron chi connectivity index (χ2n) is 5.22. The SMILES string of the molecule is C=C(CC(C)C)C(=O)OCC(CC)CCCC. The highest BCUT2D eigenvalue weighted by molar-refractivity contribution is 5.87. The summed E-state index contributed by atoms with van der Waals surface area (Å²) < 4.78 is 5.32. The van der Waals surface area contributed by atoms with Gasteiger partial charge in [0.25, 0.3) is 0 Å². The second-order valence-corrected chi connectivity index (χ2v) is 5.22. The number of hydrogen-bond donors (Lipinski definition) is 0. The van der Waals surface area contributed by atoms with E-state index in [-0.39, 0.29) is 5.97 Å². The van der Waals surface area contributed by atoms with E-state index in [1.807, 2.05) is 0 Å². The molecule has 100 valence electrons. The van der Waals surface area contributed by atoms with Crippen molar-refractivity contribution in [3.63, 3.8) is 0 Å². The maximum Gasteiger partial charge on any atom is 0.333 e. The zero-order chi connectivity index (χ0) is 13.3. The highest BCUT2D eigenvalue weighted by Gasteiger charge is 2.13. The lowest BCUT2D eigenvalue weighted by molar-refractivity contribution is -0.140. The summed E-state index contributed by atoms with van der Waals surface area (Å²) in [5.74, 6) is 0.747. The summed E-state index contributed by atoms with van der Waals surface area (Å²) >= 11 is 0. The fraction of sp³-hybridized carbons (Fsp3) is 0.800. The Balaban J connectivity index is 3.91. The van der Waals surface area contributed by atoms with Gasteiger partial charge in [0.15, 0.2) is 0 Å². The summed E-state index contributed by atoms with van der Waals surface area (Å²) in [7, 11) is 0. The molecular weight excluding hydrogens is 212 g/mol. The molecule has 2 heteroatoms. The van der Waals surface area contributed by atoms with E-state index in [1.54, 1.807) is 0 Å². The molecule has 17 heavy (non-hydrogen) atoms. The molecule has 0 heterocycles. The van der Waals surface area contributed by atoms with Crippen molar-refractivity contribution >= 4 is 5.97 Å². The van der Waals surface area contributed by atoms with Crippen molar-refractivity contribution in [2.75, 3.05) is 6.61 Å². The van der Waals surface area contributed by atoms with Crippen LogP contribution in [0.1, 0.15) is 59.8 Å². The zero-order valence-electron chi connectivity index (χ0n) is 11.9. The Morgan fingerprint density at radius 1 is 1.29 bits per heavy atom. The van der Waals surface area contributed by atoms with Gasteiger partial charge in [0.2, 0.25) is 0 Å². The molecule has 0 amide bonds. The largest absolute Gasteiger partial charge is 0.462 e.